The van der Waals surface area contributed by atoms with Crippen molar-refractivity contribution in [3.63, 3.8) is 0 Å². The molecule has 0 heterocycles. The zero-order chi connectivity index (χ0) is 5.70. The van der Waals surface area contributed by atoms with Crippen molar-refractivity contribution in [2.75, 3.05) is 0 Å². The molecule has 0 aliphatic carbocycles. The molecule has 0 radical (unpaired) electrons. The zero-order valence-electron chi connectivity index (χ0n) is 5.23. The van der Waals surface area contributed by atoms with Crippen molar-refractivity contribution in [3.8, 4) is 0 Å². The Labute approximate surface area is 46.3 Å². The maximum Gasteiger partial charge on any atom is 0.129 e. The first kappa shape index (κ1) is 6.54. The third kappa shape index (κ3) is 5.54. The molecule has 0 unspecified atom stereocenters. The summed E-state index contributed by atoms with van der Waals surface area (Å²) in [5.41, 5.74) is 1.35. The molecule has 1 heteroatoms. The van der Waals surface area contributed by atoms with Crippen LogP contribution in [0.25, 0.3) is 0 Å². The first-order chi connectivity index (χ1) is 3.27. The van der Waals surface area contributed by atoms with Crippen LogP contribution in [-0.2, 0) is 0 Å². The Hall–Kier alpha value is -0.455. The van der Waals surface area contributed by atoms with Gasteiger partial charge in [-0.2, -0.15) is 0 Å². The first-order valence-electron chi connectivity index (χ1n) is 2.53. The Kier molecular flexibility index (Phi) is 3.48. The van der Waals surface area contributed by atoms with E-state index in [1.54, 1.807) is 0 Å². The normalized spacial score (nSPS) is 9.43. The van der Waals surface area contributed by atoms with Crippen LogP contribution in [0, 0.1) is 0 Å². The Balaban J connectivity index is 3.46. The molecule has 0 atom stereocenters. The second-order valence-electron chi connectivity index (χ2n) is 1.77. The molecule has 0 aromatic heterocycles. The molecule has 0 N–H and O–H groups in total. The van der Waals surface area contributed by atoms with Gasteiger partial charge in [0.15, 0.2) is 0 Å². The van der Waals surface area contributed by atoms with Crippen LogP contribution in [0.4, 0.5) is 0 Å². The van der Waals surface area contributed by atoms with E-state index >= 15 is 0 Å². The van der Waals surface area contributed by atoms with Gasteiger partial charge < -0.3 is 0 Å². The molecule has 0 amide bonds. The van der Waals surface area contributed by atoms with Crippen LogP contribution >= 0.6 is 0 Å². The van der Waals surface area contributed by atoms with Gasteiger partial charge in [0.25, 0.3) is 0 Å². The van der Waals surface area contributed by atoms with Gasteiger partial charge in [-0.1, -0.05) is 17.7 Å². The van der Waals surface area contributed by atoms with E-state index in [0.717, 1.165) is 0 Å². The van der Waals surface area contributed by atoms with E-state index in [-0.39, 0.29) is 0 Å². The molecular formula is C6H11B. The van der Waals surface area contributed by atoms with Crippen LogP contribution < -0.4 is 0 Å². The fourth-order valence-corrected chi connectivity index (χ4v) is 0.289. The Morgan fingerprint density at radius 1 is 1.43 bits per heavy atom. The lowest BCUT2D eigenvalue weighted by molar-refractivity contribution is 1.39. The Bertz CT molecular complexity index is 86.4. The summed E-state index contributed by atoms with van der Waals surface area (Å²) in [5.74, 6) is 2.02. The van der Waals surface area contributed by atoms with Gasteiger partial charge in [-0.25, -0.2) is 0 Å². The molecular weight excluding hydrogens is 82.9 g/mol. The molecule has 0 saturated carbocycles. The SMILES string of the molecule is B/C=C\C=C(C)C. The van der Waals surface area contributed by atoms with Crippen LogP contribution in [0.5, 0.6) is 0 Å². The minimum Gasteiger partial charge on any atom is -0.124 e. The highest BCUT2D eigenvalue weighted by Gasteiger charge is 1.65. The van der Waals surface area contributed by atoms with Crippen LogP contribution in [0.15, 0.2) is 23.7 Å². The highest BCUT2D eigenvalue weighted by molar-refractivity contribution is 6.17. The minimum atomic E-state index is 1.35. The van der Waals surface area contributed by atoms with E-state index in [2.05, 4.69) is 19.9 Å². The summed E-state index contributed by atoms with van der Waals surface area (Å²) in [5, 5.41) is 0. The van der Waals surface area contributed by atoms with E-state index in [1.165, 1.54) is 5.57 Å². The highest BCUT2D eigenvalue weighted by atomic mass is 13.7. The van der Waals surface area contributed by atoms with Crippen molar-refractivity contribution in [1.29, 1.82) is 0 Å². The maximum atomic E-state index is 2.08. The predicted octanol–water partition coefficient (Wildman–Crippen LogP) is 1.10. The van der Waals surface area contributed by atoms with Gasteiger partial charge in [-0.05, 0) is 13.8 Å². The van der Waals surface area contributed by atoms with Gasteiger partial charge >= 0.3 is 0 Å². The fourth-order valence-electron chi connectivity index (χ4n) is 0.289. The molecule has 0 fully saturated rings. The van der Waals surface area contributed by atoms with E-state index in [1.807, 2.05) is 19.9 Å². The van der Waals surface area contributed by atoms with E-state index < -0.39 is 0 Å². The summed E-state index contributed by atoms with van der Waals surface area (Å²) >= 11 is 0. The molecule has 0 aromatic carbocycles. The zero-order valence-corrected chi connectivity index (χ0v) is 5.23. The van der Waals surface area contributed by atoms with E-state index in [0.29, 0.717) is 0 Å². The lowest BCUT2D eigenvalue weighted by atomic mass is 10.1. The van der Waals surface area contributed by atoms with Crippen LogP contribution in [0.1, 0.15) is 13.8 Å². The molecule has 0 nitrogen and oxygen atoms in total. The van der Waals surface area contributed by atoms with Crippen molar-refractivity contribution in [2.45, 2.75) is 13.8 Å². The molecule has 0 aromatic rings. The third-order valence-corrected chi connectivity index (χ3v) is 0.622. The topological polar surface area (TPSA) is 0 Å². The molecule has 0 rings (SSSR count). The smallest absolute Gasteiger partial charge is 0.124 e. The third-order valence-electron chi connectivity index (χ3n) is 0.622. The van der Waals surface area contributed by atoms with Crippen molar-refractivity contribution in [1.82, 2.24) is 0 Å². The van der Waals surface area contributed by atoms with Gasteiger partial charge in [0, 0.05) is 0 Å². The molecule has 0 saturated heterocycles. The average Bonchev–Trinajstić information content (AvgIpc) is 1.61. The maximum absolute atomic E-state index is 2.08. The molecule has 0 bridgehead atoms. The number of hydrogen-bond donors (Lipinski definition) is 0. The van der Waals surface area contributed by atoms with E-state index in [4.69, 9.17) is 0 Å². The van der Waals surface area contributed by atoms with Gasteiger partial charge in [0.1, 0.15) is 7.85 Å². The van der Waals surface area contributed by atoms with Crippen LogP contribution in [0.3, 0.4) is 0 Å². The fraction of sp³-hybridized carbons (Fsp3) is 0.333. The van der Waals surface area contributed by atoms with E-state index in [9.17, 15) is 0 Å². The number of hydrogen-bond acceptors (Lipinski definition) is 0. The van der Waals surface area contributed by atoms with Crippen LogP contribution in [-0.4, -0.2) is 7.85 Å². The van der Waals surface area contributed by atoms with Crippen molar-refractivity contribution in [2.24, 2.45) is 0 Å². The lowest BCUT2D eigenvalue weighted by Gasteiger charge is -1.78. The van der Waals surface area contributed by atoms with Gasteiger partial charge in [-0.3, -0.25) is 0 Å². The summed E-state index contributed by atoms with van der Waals surface area (Å²) in [7, 11) is 2.01. The standard InChI is InChI=1S/C6H11B/c1-6(2)4-3-5-7/h3-5H,7H2,1-2H3/b5-3-. The first-order valence-corrected chi connectivity index (χ1v) is 2.53. The van der Waals surface area contributed by atoms with Gasteiger partial charge in [0.05, 0.1) is 0 Å². The summed E-state index contributed by atoms with van der Waals surface area (Å²) in [6.45, 7) is 4.17. The molecule has 38 valence electrons. The lowest BCUT2D eigenvalue weighted by Crippen LogP contribution is -1.58. The highest BCUT2D eigenvalue weighted by Crippen LogP contribution is 1.86. The van der Waals surface area contributed by atoms with Crippen molar-refractivity contribution in [3.05, 3.63) is 23.7 Å². The molecule has 0 aliphatic rings. The molecule has 0 aliphatic heterocycles. The van der Waals surface area contributed by atoms with Gasteiger partial charge in [-0.15, -0.1) is 5.98 Å². The summed E-state index contributed by atoms with van der Waals surface area (Å²) in [4.78, 5) is 0. The van der Waals surface area contributed by atoms with Gasteiger partial charge in [0.2, 0.25) is 0 Å². The predicted molar refractivity (Wildman–Crippen MR) is 37.1 cm³/mol. The molecule has 0 spiro atoms. The average molecular weight is 94.0 g/mol. The summed E-state index contributed by atoms with van der Waals surface area (Å²) in [6, 6.07) is 0. The summed E-state index contributed by atoms with van der Waals surface area (Å²) < 4.78 is 0. The monoisotopic (exact) mass is 94.1 g/mol. The second kappa shape index (κ2) is 3.73. The second-order valence-corrected chi connectivity index (χ2v) is 1.77. The summed E-state index contributed by atoms with van der Waals surface area (Å²) in [6.07, 6.45) is 4.12. The Morgan fingerprint density at radius 2 is 2.00 bits per heavy atom. The Morgan fingerprint density at radius 3 is 2.14 bits per heavy atom. The van der Waals surface area contributed by atoms with Crippen molar-refractivity contribution >= 4 is 7.85 Å². The number of rotatable bonds is 1. The van der Waals surface area contributed by atoms with Crippen LogP contribution in [0.2, 0.25) is 0 Å². The number of allylic oxidation sites excluding steroid dienone is 3. The minimum absolute atomic E-state index is 1.35. The molecule has 7 heavy (non-hydrogen) atoms. The largest absolute Gasteiger partial charge is 0.129 e. The quantitative estimate of drug-likeness (QED) is 0.337. The van der Waals surface area contributed by atoms with Crippen molar-refractivity contribution < 1.29 is 0 Å².